The highest BCUT2D eigenvalue weighted by Crippen LogP contribution is 2.48. The molecule has 3 aromatic heterocycles. The average Bonchev–Trinajstić information content (AvgIpc) is 4.12. The van der Waals surface area contributed by atoms with Crippen LogP contribution in [0.15, 0.2) is 227 Å². The van der Waals surface area contributed by atoms with Crippen molar-refractivity contribution in [3.8, 4) is 22.3 Å². The number of nitrogens with zero attached hydrogens (tertiary/aromatic N) is 3. The van der Waals surface area contributed by atoms with Crippen molar-refractivity contribution < 1.29 is 4.42 Å². The van der Waals surface area contributed by atoms with Crippen LogP contribution in [-0.2, 0) is 0 Å². The predicted molar refractivity (Wildman–Crippen MR) is 299 cm³/mol. The molecule has 1 aliphatic rings. The maximum Gasteiger partial charge on any atom is 0.160 e. The Balaban J connectivity index is 0.963. The minimum absolute atomic E-state index is 0.350. The standard InChI is InChI=1S/C64H39N3OS2/c1-67-63(52-29-14-27-48-44-20-7-10-31-55(44)70-61(48)52)65-62(66-64(67)53-36-37-16-2-3-17-38(37)39-18-4-5-19-43(39)53)49-28-13-23-40-41(24-12-25-42(40)49)46-34-35-47(60-59(46)50-21-6-9-30-54(50)68-60)45-26-15-33-57-58(45)51-22-8-11-32-56(51)69-57/h2-36,63H,1H3. The van der Waals surface area contributed by atoms with Gasteiger partial charge in [0, 0.05) is 80.4 Å². The number of para-hydroxylation sites is 1. The maximum atomic E-state index is 6.96. The van der Waals surface area contributed by atoms with Crippen molar-refractivity contribution in [1.29, 1.82) is 0 Å². The number of amidine groups is 2. The van der Waals surface area contributed by atoms with Crippen molar-refractivity contribution in [3.05, 3.63) is 229 Å². The normalized spacial score (nSPS) is 14.4. The van der Waals surface area contributed by atoms with Crippen LogP contribution in [0.3, 0.4) is 0 Å². The Bertz CT molecular complexity index is 4590. The summed E-state index contributed by atoms with van der Waals surface area (Å²) in [6, 6.07) is 76.9. The molecule has 0 fully saturated rings. The highest BCUT2D eigenvalue weighted by molar-refractivity contribution is 7.26. The largest absolute Gasteiger partial charge is 0.455 e. The second-order valence-corrected chi connectivity index (χ2v) is 20.5. The van der Waals surface area contributed by atoms with Gasteiger partial charge in [-0.2, -0.15) is 0 Å². The van der Waals surface area contributed by atoms with E-state index in [1.54, 1.807) is 0 Å². The Morgan fingerprint density at radius 3 is 1.84 bits per heavy atom. The zero-order chi connectivity index (χ0) is 46.0. The summed E-state index contributed by atoms with van der Waals surface area (Å²) < 4.78 is 12.0. The first-order valence-electron chi connectivity index (χ1n) is 23.7. The molecular formula is C64H39N3OS2. The van der Waals surface area contributed by atoms with E-state index < -0.39 is 0 Å². The Morgan fingerprint density at radius 1 is 0.414 bits per heavy atom. The average molecular weight is 930 g/mol. The highest BCUT2D eigenvalue weighted by Gasteiger charge is 2.31. The molecule has 1 aliphatic heterocycles. The summed E-state index contributed by atoms with van der Waals surface area (Å²) in [6.07, 6.45) is -0.350. The van der Waals surface area contributed by atoms with Crippen LogP contribution in [0.5, 0.6) is 0 Å². The smallest absolute Gasteiger partial charge is 0.160 e. The number of hydrogen-bond acceptors (Lipinski definition) is 6. The Kier molecular flexibility index (Phi) is 8.64. The van der Waals surface area contributed by atoms with Gasteiger partial charge in [-0.25, -0.2) is 9.98 Å². The molecule has 0 spiro atoms. The Hall–Kier alpha value is -8.42. The van der Waals surface area contributed by atoms with E-state index in [1.807, 2.05) is 22.7 Å². The molecule has 4 heterocycles. The first-order chi connectivity index (χ1) is 34.6. The lowest BCUT2D eigenvalue weighted by Crippen LogP contribution is -2.36. The van der Waals surface area contributed by atoms with Crippen LogP contribution in [0.4, 0.5) is 0 Å². The van der Waals surface area contributed by atoms with Gasteiger partial charge in [-0.15, -0.1) is 22.7 Å². The molecule has 70 heavy (non-hydrogen) atoms. The quantitative estimate of drug-likeness (QED) is 0.161. The summed E-state index contributed by atoms with van der Waals surface area (Å²) in [6.45, 7) is 0. The summed E-state index contributed by atoms with van der Waals surface area (Å²) in [5.74, 6) is 1.60. The fourth-order valence-corrected chi connectivity index (χ4v) is 13.8. The molecule has 14 aromatic rings. The van der Waals surface area contributed by atoms with Crippen molar-refractivity contribution >= 4 is 129 Å². The van der Waals surface area contributed by atoms with E-state index >= 15 is 0 Å². The minimum atomic E-state index is -0.350. The molecule has 0 saturated carbocycles. The fraction of sp³-hybridized carbons (Fsp3) is 0.0312. The van der Waals surface area contributed by atoms with Crippen molar-refractivity contribution in [3.63, 3.8) is 0 Å². The Morgan fingerprint density at radius 2 is 0.986 bits per heavy atom. The van der Waals surface area contributed by atoms with Crippen LogP contribution in [-0.4, -0.2) is 23.6 Å². The lowest BCUT2D eigenvalue weighted by atomic mass is 9.90. The van der Waals surface area contributed by atoms with E-state index in [0.717, 1.165) is 77.3 Å². The number of thiophene rings is 2. The van der Waals surface area contributed by atoms with E-state index in [4.69, 9.17) is 14.4 Å². The zero-order valence-electron chi connectivity index (χ0n) is 37.9. The van der Waals surface area contributed by atoms with Gasteiger partial charge in [0.1, 0.15) is 17.0 Å². The van der Waals surface area contributed by atoms with Crippen molar-refractivity contribution in [2.24, 2.45) is 9.98 Å². The molecule has 4 nitrogen and oxygen atoms in total. The number of aliphatic imine (C=N–C) groups is 2. The van der Waals surface area contributed by atoms with Gasteiger partial charge in [-0.1, -0.05) is 176 Å². The van der Waals surface area contributed by atoms with Crippen molar-refractivity contribution in [2.45, 2.75) is 6.17 Å². The van der Waals surface area contributed by atoms with Gasteiger partial charge >= 0.3 is 0 Å². The van der Waals surface area contributed by atoms with Crippen LogP contribution in [0.25, 0.3) is 117 Å². The van der Waals surface area contributed by atoms with E-state index in [-0.39, 0.29) is 6.17 Å². The van der Waals surface area contributed by atoms with Gasteiger partial charge in [0.15, 0.2) is 12.0 Å². The Labute approximate surface area is 410 Å². The minimum Gasteiger partial charge on any atom is -0.455 e. The third-order valence-electron chi connectivity index (χ3n) is 14.6. The van der Waals surface area contributed by atoms with Crippen molar-refractivity contribution in [2.75, 3.05) is 7.05 Å². The maximum absolute atomic E-state index is 6.96. The van der Waals surface area contributed by atoms with Crippen LogP contribution < -0.4 is 0 Å². The third-order valence-corrected chi connectivity index (χ3v) is 16.9. The molecule has 6 heteroatoms. The van der Waals surface area contributed by atoms with E-state index in [9.17, 15) is 0 Å². The van der Waals surface area contributed by atoms with Gasteiger partial charge in [0.05, 0.1) is 0 Å². The summed E-state index contributed by atoms with van der Waals surface area (Å²) in [7, 11) is 2.16. The lowest BCUT2D eigenvalue weighted by Gasteiger charge is -2.33. The van der Waals surface area contributed by atoms with Gasteiger partial charge in [-0.3, -0.25) is 0 Å². The number of rotatable bonds is 5. The predicted octanol–water partition coefficient (Wildman–Crippen LogP) is 18.0. The second-order valence-electron chi connectivity index (χ2n) is 18.3. The van der Waals surface area contributed by atoms with Gasteiger partial charge in [0.25, 0.3) is 0 Å². The summed E-state index contributed by atoms with van der Waals surface area (Å²) >= 11 is 3.69. The molecule has 0 aliphatic carbocycles. The topological polar surface area (TPSA) is 41.1 Å². The molecule has 0 saturated heterocycles. The number of furan rings is 1. The molecule has 15 rings (SSSR count). The van der Waals surface area contributed by atoms with Crippen LogP contribution in [0, 0.1) is 0 Å². The first kappa shape index (κ1) is 39.6. The number of benzene rings is 11. The fourth-order valence-electron chi connectivity index (χ4n) is 11.4. The molecular weight excluding hydrogens is 891 g/mol. The van der Waals surface area contributed by atoms with E-state index in [1.165, 1.54) is 62.1 Å². The number of fused-ring (bicyclic) bond motifs is 13. The monoisotopic (exact) mass is 929 g/mol. The molecule has 328 valence electrons. The summed E-state index contributed by atoms with van der Waals surface area (Å²) in [5.41, 5.74) is 9.53. The molecule has 1 atom stereocenters. The second kappa shape index (κ2) is 15.3. The first-order valence-corrected chi connectivity index (χ1v) is 25.4. The van der Waals surface area contributed by atoms with Crippen molar-refractivity contribution in [1.82, 2.24) is 4.90 Å². The SMILES string of the molecule is CN1C(c2cc3ccccc3c3ccccc23)=NC(c2cccc3c(-c4ccc(-c5cccc6sc7ccccc7c56)c5oc6ccccc6c45)cccc23)=NC1c1cccc2c1sc1ccccc12. The van der Waals surface area contributed by atoms with Gasteiger partial charge in [-0.05, 0) is 85.4 Å². The van der Waals surface area contributed by atoms with E-state index in [2.05, 4.69) is 224 Å². The zero-order valence-corrected chi connectivity index (χ0v) is 39.5. The molecule has 1 unspecified atom stereocenters. The summed E-state index contributed by atoms with van der Waals surface area (Å²) in [5, 5.41) is 14.3. The van der Waals surface area contributed by atoms with E-state index in [0.29, 0.717) is 5.84 Å². The van der Waals surface area contributed by atoms with Crippen LogP contribution in [0.1, 0.15) is 22.9 Å². The lowest BCUT2D eigenvalue weighted by molar-refractivity contribution is 0.385. The molecule has 0 radical (unpaired) electrons. The molecule has 0 N–H and O–H groups in total. The highest BCUT2D eigenvalue weighted by atomic mass is 32.1. The number of hydrogen-bond donors (Lipinski definition) is 0. The molecule has 0 amide bonds. The van der Waals surface area contributed by atoms with Crippen LogP contribution >= 0.6 is 22.7 Å². The van der Waals surface area contributed by atoms with Crippen LogP contribution in [0.2, 0.25) is 0 Å². The summed E-state index contributed by atoms with van der Waals surface area (Å²) in [4.78, 5) is 13.7. The molecule has 0 bridgehead atoms. The van der Waals surface area contributed by atoms with Gasteiger partial charge < -0.3 is 9.32 Å². The molecule has 11 aromatic carbocycles. The van der Waals surface area contributed by atoms with Gasteiger partial charge in [0.2, 0.25) is 0 Å². The third kappa shape index (κ3) is 5.81.